The number of amides is 2. The summed E-state index contributed by atoms with van der Waals surface area (Å²) in [5.41, 5.74) is 1.63. The van der Waals surface area contributed by atoms with Crippen molar-refractivity contribution >= 4 is 23.4 Å². The number of hydrogen-bond acceptors (Lipinski definition) is 3. The van der Waals surface area contributed by atoms with Gasteiger partial charge < -0.3 is 15.0 Å². The van der Waals surface area contributed by atoms with Crippen LogP contribution in [0.1, 0.15) is 28.8 Å². The first-order chi connectivity index (χ1) is 13.1. The van der Waals surface area contributed by atoms with Crippen molar-refractivity contribution < 1.29 is 14.3 Å². The fourth-order valence-electron chi connectivity index (χ4n) is 2.60. The van der Waals surface area contributed by atoms with Gasteiger partial charge in [0.05, 0.1) is 6.61 Å². The van der Waals surface area contributed by atoms with E-state index in [2.05, 4.69) is 5.32 Å². The van der Waals surface area contributed by atoms with Crippen molar-refractivity contribution in [3.63, 3.8) is 0 Å². The number of hydrogen-bond donors (Lipinski definition) is 1. The highest BCUT2D eigenvalue weighted by Crippen LogP contribution is 2.10. The van der Waals surface area contributed by atoms with Crippen molar-refractivity contribution in [3.8, 4) is 0 Å². The summed E-state index contributed by atoms with van der Waals surface area (Å²) in [6, 6.07) is 16.6. The van der Waals surface area contributed by atoms with Crippen LogP contribution in [0.5, 0.6) is 0 Å². The standard InChI is InChI=1S/C21H25ClN2O3/c1-27-15-14-24(16-17-6-3-2-4-7-17)20(25)8-5-13-23-21(26)18-9-11-19(22)12-10-18/h2-4,6-7,9-12H,5,8,13-16H2,1H3,(H,23,26). The lowest BCUT2D eigenvalue weighted by atomic mass is 10.2. The summed E-state index contributed by atoms with van der Waals surface area (Å²) >= 11 is 5.82. The van der Waals surface area contributed by atoms with E-state index < -0.39 is 0 Å². The molecule has 0 saturated carbocycles. The fourth-order valence-corrected chi connectivity index (χ4v) is 2.73. The average Bonchev–Trinajstić information content (AvgIpc) is 2.69. The number of nitrogens with one attached hydrogen (secondary N) is 1. The van der Waals surface area contributed by atoms with Gasteiger partial charge in [0.2, 0.25) is 5.91 Å². The van der Waals surface area contributed by atoms with Crippen LogP contribution >= 0.6 is 11.6 Å². The highest BCUT2D eigenvalue weighted by molar-refractivity contribution is 6.30. The summed E-state index contributed by atoms with van der Waals surface area (Å²) in [5, 5.41) is 3.42. The third kappa shape index (κ3) is 7.41. The summed E-state index contributed by atoms with van der Waals surface area (Å²) in [5.74, 6) is -0.115. The first-order valence-electron chi connectivity index (χ1n) is 8.94. The molecule has 144 valence electrons. The maximum Gasteiger partial charge on any atom is 0.251 e. The number of rotatable bonds is 10. The smallest absolute Gasteiger partial charge is 0.251 e. The van der Waals surface area contributed by atoms with Gasteiger partial charge in [-0.05, 0) is 36.2 Å². The Morgan fingerprint density at radius 3 is 2.44 bits per heavy atom. The minimum Gasteiger partial charge on any atom is -0.383 e. The van der Waals surface area contributed by atoms with Gasteiger partial charge in [0, 0.05) is 43.8 Å². The lowest BCUT2D eigenvalue weighted by molar-refractivity contribution is -0.132. The van der Waals surface area contributed by atoms with E-state index in [0.29, 0.717) is 49.7 Å². The van der Waals surface area contributed by atoms with E-state index in [9.17, 15) is 9.59 Å². The molecular weight excluding hydrogens is 364 g/mol. The molecule has 0 heterocycles. The van der Waals surface area contributed by atoms with Crippen molar-refractivity contribution in [3.05, 3.63) is 70.7 Å². The first kappa shape index (κ1) is 20.9. The van der Waals surface area contributed by atoms with E-state index in [4.69, 9.17) is 16.3 Å². The quantitative estimate of drug-likeness (QED) is 0.633. The number of carbonyl (C=O) groups excluding carboxylic acids is 2. The van der Waals surface area contributed by atoms with Crippen LogP contribution in [0.3, 0.4) is 0 Å². The molecule has 2 rings (SSSR count). The fraction of sp³-hybridized carbons (Fsp3) is 0.333. The molecule has 0 fully saturated rings. The molecule has 0 radical (unpaired) electrons. The third-order valence-electron chi connectivity index (χ3n) is 4.09. The van der Waals surface area contributed by atoms with Crippen LogP contribution in [0.25, 0.3) is 0 Å². The van der Waals surface area contributed by atoms with Crippen molar-refractivity contribution in [2.75, 3.05) is 26.8 Å². The molecular formula is C21H25ClN2O3. The molecule has 2 aromatic rings. The minimum absolute atomic E-state index is 0.0524. The molecule has 0 aliphatic rings. The Bertz CT molecular complexity index is 720. The Hall–Kier alpha value is -2.37. The Labute approximate surface area is 165 Å². The zero-order valence-electron chi connectivity index (χ0n) is 15.5. The van der Waals surface area contributed by atoms with Crippen LogP contribution in [0.15, 0.2) is 54.6 Å². The van der Waals surface area contributed by atoms with E-state index in [1.807, 2.05) is 30.3 Å². The number of ether oxygens (including phenoxy) is 1. The van der Waals surface area contributed by atoms with Crippen molar-refractivity contribution in [2.24, 2.45) is 0 Å². The van der Waals surface area contributed by atoms with Gasteiger partial charge in [-0.25, -0.2) is 0 Å². The number of methoxy groups -OCH3 is 1. The lowest BCUT2D eigenvalue weighted by Gasteiger charge is -2.22. The summed E-state index contributed by atoms with van der Waals surface area (Å²) in [4.78, 5) is 26.4. The maximum atomic E-state index is 12.5. The van der Waals surface area contributed by atoms with Crippen LogP contribution in [0, 0.1) is 0 Å². The molecule has 5 nitrogen and oxygen atoms in total. The molecule has 2 amide bonds. The first-order valence-corrected chi connectivity index (χ1v) is 9.32. The van der Waals surface area contributed by atoms with Gasteiger partial charge in [-0.2, -0.15) is 0 Å². The van der Waals surface area contributed by atoms with E-state index in [0.717, 1.165) is 5.56 Å². The molecule has 1 N–H and O–H groups in total. The number of nitrogens with zero attached hydrogens (tertiary/aromatic N) is 1. The van der Waals surface area contributed by atoms with E-state index in [-0.39, 0.29) is 11.8 Å². The van der Waals surface area contributed by atoms with Gasteiger partial charge >= 0.3 is 0 Å². The molecule has 0 spiro atoms. The Morgan fingerprint density at radius 2 is 1.78 bits per heavy atom. The molecule has 27 heavy (non-hydrogen) atoms. The molecule has 6 heteroatoms. The molecule has 0 aliphatic heterocycles. The van der Waals surface area contributed by atoms with Gasteiger partial charge in [-0.15, -0.1) is 0 Å². The van der Waals surface area contributed by atoms with Crippen molar-refractivity contribution in [1.29, 1.82) is 0 Å². The SMILES string of the molecule is COCCN(Cc1ccccc1)C(=O)CCCNC(=O)c1ccc(Cl)cc1. The van der Waals surface area contributed by atoms with E-state index >= 15 is 0 Å². The average molecular weight is 389 g/mol. The van der Waals surface area contributed by atoms with Crippen LogP contribution in [0.2, 0.25) is 5.02 Å². The maximum absolute atomic E-state index is 12.5. The predicted molar refractivity (Wildman–Crippen MR) is 107 cm³/mol. The summed E-state index contributed by atoms with van der Waals surface area (Å²) in [6.45, 7) is 2.03. The van der Waals surface area contributed by atoms with Crippen molar-refractivity contribution in [2.45, 2.75) is 19.4 Å². The second-order valence-electron chi connectivity index (χ2n) is 6.16. The monoisotopic (exact) mass is 388 g/mol. The van der Waals surface area contributed by atoms with Gasteiger partial charge in [-0.1, -0.05) is 41.9 Å². The zero-order chi connectivity index (χ0) is 19.5. The van der Waals surface area contributed by atoms with Crippen LogP contribution < -0.4 is 5.32 Å². The van der Waals surface area contributed by atoms with E-state index in [1.165, 1.54) is 0 Å². The Balaban J connectivity index is 1.78. The van der Waals surface area contributed by atoms with Crippen LogP contribution in [0.4, 0.5) is 0 Å². The lowest BCUT2D eigenvalue weighted by Crippen LogP contribution is -2.34. The summed E-state index contributed by atoms with van der Waals surface area (Å²) in [6.07, 6.45) is 0.952. The molecule has 2 aromatic carbocycles. The predicted octanol–water partition coefficient (Wildman–Crippen LogP) is 3.53. The highest BCUT2D eigenvalue weighted by atomic mass is 35.5. The van der Waals surface area contributed by atoms with Gasteiger partial charge in [0.15, 0.2) is 0 Å². The zero-order valence-corrected chi connectivity index (χ0v) is 16.2. The summed E-state index contributed by atoms with van der Waals surface area (Å²) < 4.78 is 5.11. The van der Waals surface area contributed by atoms with Crippen molar-refractivity contribution in [1.82, 2.24) is 10.2 Å². The Kier molecular flexibility index (Phi) is 8.81. The minimum atomic E-state index is -0.167. The van der Waals surface area contributed by atoms with Crippen LogP contribution in [-0.2, 0) is 16.1 Å². The molecule has 0 bridgehead atoms. The van der Waals surface area contributed by atoms with Crippen LogP contribution in [-0.4, -0.2) is 43.5 Å². The third-order valence-corrected chi connectivity index (χ3v) is 4.35. The largest absolute Gasteiger partial charge is 0.383 e. The van der Waals surface area contributed by atoms with Gasteiger partial charge in [0.25, 0.3) is 5.91 Å². The Morgan fingerprint density at radius 1 is 1.07 bits per heavy atom. The van der Waals surface area contributed by atoms with Gasteiger partial charge in [0.1, 0.15) is 0 Å². The molecule has 0 saturated heterocycles. The summed E-state index contributed by atoms with van der Waals surface area (Å²) in [7, 11) is 1.62. The van der Waals surface area contributed by atoms with E-state index in [1.54, 1.807) is 36.3 Å². The van der Waals surface area contributed by atoms with Gasteiger partial charge in [-0.3, -0.25) is 9.59 Å². The molecule has 0 aromatic heterocycles. The molecule has 0 aliphatic carbocycles. The number of benzene rings is 2. The highest BCUT2D eigenvalue weighted by Gasteiger charge is 2.14. The normalized spacial score (nSPS) is 10.4. The topological polar surface area (TPSA) is 58.6 Å². The number of carbonyl (C=O) groups is 2. The number of halogens is 1. The molecule has 0 unspecified atom stereocenters. The molecule has 0 atom stereocenters. The second-order valence-corrected chi connectivity index (χ2v) is 6.60. The second kappa shape index (κ2) is 11.4.